The lowest BCUT2D eigenvalue weighted by Gasteiger charge is -2.35. The number of carbonyl (C=O) groups is 2. The van der Waals surface area contributed by atoms with Crippen LogP contribution in [0, 0.1) is 0 Å². The number of nitrogens with zero attached hydrogens (tertiary/aromatic N) is 1. The number of halogens is 1. The molecule has 1 aliphatic heterocycles. The van der Waals surface area contributed by atoms with Crippen LogP contribution in [0.25, 0.3) is 0 Å². The minimum Gasteiger partial charge on any atom is -0.484 e. The van der Waals surface area contributed by atoms with Crippen molar-refractivity contribution >= 4 is 27.7 Å². The van der Waals surface area contributed by atoms with Gasteiger partial charge in [-0.25, -0.2) is 0 Å². The number of rotatable bonds is 7. The average molecular weight is 398 g/mol. The van der Waals surface area contributed by atoms with Gasteiger partial charge in [-0.15, -0.1) is 0 Å². The molecule has 1 aliphatic rings. The van der Waals surface area contributed by atoms with E-state index in [0.717, 1.165) is 23.7 Å². The maximum atomic E-state index is 12.5. The summed E-state index contributed by atoms with van der Waals surface area (Å²) in [5.41, 5.74) is 5.37. The van der Waals surface area contributed by atoms with E-state index in [-0.39, 0.29) is 24.5 Å². The first kappa shape index (κ1) is 18.7. The highest BCUT2D eigenvalue weighted by Gasteiger charge is 2.27. The van der Waals surface area contributed by atoms with E-state index in [1.807, 2.05) is 29.2 Å². The number of hydrogen-bond acceptors (Lipinski definition) is 4. The summed E-state index contributed by atoms with van der Waals surface area (Å²) in [6, 6.07) is 7.44. The molecule has 1 atom stereocenters. The highest BCUT2D eigenvalue weighted by molar-refractivity contribution is 9.10. The molecule has 1 heterocycles. The Labute approximate surface area is 150 Å². The number of likely N-dealkylation sites (tertiary alicyclic amines) is 1. The summed E-state index contributed by atoms with van der Waals surface area (Å²) >= 11 is 3.38. The predicted molar refractivity (Wildman–Crippen MR) is 95.7 cm³/mol. The minimum atomic E-state index is -0.0686. The lowest BCUT2D eigenvalue weighted by Crippen LogP contribution is -2.50. The number of nitrogens with one attached hydrogen (secondary N) is 1. The van der Waals surface area contributed by atoms with Crippen molar-refractivity contribution in [3.05, 3.63) is 28.7 Å². The van der Waals surface area contributed by atoms with Crippen molar-refractivity contribution in [3.8, 4) is 5.75 Å². The highest BCUT2D eigenvalue weighted by atomic mass is 79.9. The molecule has 1 fully saturated rings. The van der Waals surface area contributed by atoms with Gasteiger partial charge in [0, 0.05) is 36.6 Å². The smallest absolute Gasteiger partial charge is 0.260 e. The van der Waals surface area contributed by atoms with Crippen molar-refractivity contribution in [2.24, 2.45) is 5.73 Å². The van der Waals surface area contributed by atoms with Crippen LogP contribution in [0.15, 0.2) is 28.7 Å². The van der Waals surface area contributed by atoms with Gasteiger partial charge in [0.25, 0.3) is 5.91 Å². The van der Waals surface area contributed by atoms with Gasteiger partial charge in [-0.05, 0) is 37.5 Å². The van der Waals surface area contributed by atoms with Gasteiger partial charge >= 0.3 is 0 Å². The zero-order valence-corrected chi connectivity index (χ0v) is 15.3. The molecule has 0 bridgehead atoms. The van der Waals surface area contributed by atoms with Crippen LogP contribution in [0.1, 0.15) is 25.7 Å². The van der Waals surface area contributed by atoms with Crippen LogP contribution in [0.3, 0.4) is 0 Å². The van der Waals surface area contributed by atoms with Gasteiger partial charge in [-0.2, -0.15) is 0 Å². The van der Waals surface area contributed by atoms with Crippen molar-refractivity contribution < 1.29 is 14.3 Å². The van der Waals surface area contributed by atoms with Crippen LogP contribution in [-0.2, 0) is 9.59 Å². The quantitative estimate of drug-likeness (QED) is 0.732. The summed E-state index contributed by atoms with van der Waals surface area (Å²) in [4.78, 5) is 25.9. The minimum absolute atomic E-state index is 0.00367. The molecule has 6 nitrogen and oxygen atoms in total. The number of ether oxygens (including phenoxy) is 1. The Balaban J connectivity index is 1.86. The molecule has 0 saturated carbocycles. The monoisotopic (exact) mass is 397 g/mol. The van der Waals surface area contributed by atoms with E-state index in [0.29, 0.717) is 31.8 Å². The molecule has 2 amide bonds. The molecule has 0 radical (unpaired) electrons. The van der Waals surface area contributed by atoms with Crippen molar-refractivity contribution in [1.82, 2.24) is 10.2 Å². The molecule has 0 spiro atoms. The van der Waals surface area contributed by atoms with Crippen LogP contribution >= 0.6 is 15.9 Å². The molecular weight excluding hydrogens is 374 g/mol. The molecule has 2 rings (SSSR count). The van der Waals surface area contributed by atoms with Gasteiger partial charge in [0.1, 0.15) is 5.75 Å². The molecule has 1 saturated heterocycles. The molecule has 3 N–H and O–H groups in total. The molecule has 1 aromatic rings. The first-order chi connectivity index (χ1) is 11.6. The second kappa shape index (κ2) is 9.64. The molecule has 7 heteroatoms. The first-order valence-electron chi connectivity index (χ1n) is 8.24. The molecule has 0 aliphatic carbocycles. The topological polar surface area (TPSA) is 84.7 Å². The fourth-order valence-corrected chi connectivity index (χ4v) is 3.16. The molecule has 1 aromatic carbocycles. The maximum Gasteiger partial charge on any atom is 0.260 e. The zero-order valence-electron chi connectivity index (χ0n) is 13.7. The van der Waals surface area contributed by atoms with Gasteiger partial charge in [0.15, 0.2) is 6.61 Å². The second-order valence-corrected chi connectivity index (χ2v) is 6.74. The fourth-order valence-electron chi connectivity index (χ4n) is 2.78. The SMILES string of the molecule is NCCC(=O)NCC1CCCCN1C(=O)COc1cccc(Br)c1. The summed E-state index contributed by atoms with van der Waals surface area (Å²) < 4.78 is 6.50. The maximum absolute atomic E-state index is 12.5. The van der Waals surface area contributed by atoms with E-state index in [1.54, 1.807) is 0 Å². The number of nitrogens with two attached hydrogens (primary N) is 1. The van der Waals surface area contributed by atoms with Crippen LogP contribution in [0.5, 0.6) is 5.75 Å². The summed E-state index contributed by atoms with van der Waals surface area (Å²) in [7, 11) is 0. The lowest BCUT2D eigenvalue weighted by atomic mass is 10.0. The molecule has 0 aromatic heterocycles. The zero-order chi connectivity index (χ0) is 17.4. The Morgan fingerprint density at radius 2 is 2.21 bits per heavy atom. The van der Waals surface area contributed by atoms with Crippen molar-refractivity contribution in [1.29, 1.82) is 0 Å². The van der Waals surface area contributed by atoms with E-state index in [4.69, 9.17) is 10.5 Å². The average Bonchev–Trinajstić information content (AvgIpc) is 2.58. The van der Waals surface area contributed by atoms with Crippen molar-refractivity contribution in [2.45, 2.75) is 31.7 Å². The third kappa shape index (κ3) is 5.79. The summed E-state index contributed by atoms with van der Waals surface area (Å²) in [6.07, 6.45) is 3.25. The van der Waals surface area contributed by atoms with Gasteiger partial charge in [0.2, 0.25) is 5.91 Å². The second-order valence-electron chi connectivity index (χ2n) is 5.83. The van der Waals surface area contributed by atoms with Crippen LogP contribution in [0.2, 0.25) is 0 Å². The third-order valence-electron chi connectivity index (χ3n) is 4.01. The van der Waals surface area contributed by atoms with Crippen LogP contribution < -0.4 is 15.8 Å². The third-order valence-corrected chi connectivity index (χ3v) is 4.51. The standard InChI is InChI=1S/C17H24BrN3O3/c18-13-4-3-6-15(10-13)24-12-17(23)21-9-2-1-5-14(21)11-20-16(22)7-8-19/h3-4,6,10,14H,1-2,5,7-9,11-12,19H2,(H,20,22). The molecule has 1 unspecified atom stereocenters. The number of hydrogen-bond donors (Lipinski definition) is 2. The normalized spacial score (nSPS) is 17.4. The molecular formula is C17H24BrN3O3. The number of piperidine rings is 1. The predicted octanol–water partition coefficient (Wildman–Crippen LogP) is 1.67. The first-order valence-corrected chi connectivity index (χ1v) is 9.04. The molecule has 132 valence electrons. The Kier molecular flexibility index (Phi) is 7.52. The van der Waals surface area contributed by atoms with Gasteiger partial charge in [-0.3, -0.25) is 9.59 Å². The lowest BCUT2D eigenvalue weighted by molar-refractivity contribution is -0.137. The molecule has 24 heavy (non-hydrogen) atoms. The number of benzene rings is 1. The number of carbonyl (C=O) groups excluding carboxylic acids is 2. The Hall–Kier alpha value is -1.60. The summed E-state index contributed by atoms with van der Waals surface area (Å²) in [5, 5.41) is 2.86. The van der Waals surface area contributed by atoms with Gasteiger partial charge < -0.3 is 20.7 Å². The van der Waals surface area contributed by atoms with Gasteiger partial charge in [0.05, 0.1) is 0 Å². The Morgan fingerprint density at radius 1 is 1.38 bits per heavy atom. The number of amides is 2. The van der Waals surface area contributed by atoms with E-state index >= 15 is 0 Å². The van der Waals surface area contributed by atoms with Crippen molar-refractivity contribution in [2.75, 3.05) is 26.2 Å². The van der Waals surface area contributed by atoms with Crippen molar-refractivity contribution in [3.63, 3.8) is 0 Å². The Morgan fingerprint density at radius 3 is 2.96 bits per heavy atom. The van der Waals surface area contributed by atoms with Gasteiger partial charge in [-0.1, -0.05) is 22.0 Å². The van der Waals surface area contributed by atoms with E-state index < -0.39 is 0 Å². The van der Waals surface area contributed by atoms with E-state index in [9.17, 15) is 9.59 Å². The highest BCUT2D eigenvalue weighted by Crippen LogP contribution is 2.19. The Bertz CT molecular complexity index is 568. The van der Waals surface area contributed by atoms with Crippen LogP contribution in [-0.4, -0.2) is 49.0 Å². The largest absolute Gasteiger partial charge is 0.484 e. The summed E-state index contributed by atoms with van der Waals surface area (Å²) in [5.74, 6) is 0.538. The summed E-state index contributed by atoms with van der Waals surface area (Å²) in [6.45, 7) is 1.52. The van der Waals surface area contributed by atoms with Crippen LogP contribution in [0.4, 0.5) is 0 Å². The van der Waals surface area contributed by atoms with E-state index in [2.05, 4.69) is 21.2 Å². The fraction of sp³-hybridized carbons (Fsp3) is 0.529. The van der Waals surface area contributed by atoms with E-state index in [1.165, 1.54) is 0 Å².